The molecule has 7 nitrogen and oxygen atoms in total. The van der Waals surface area contributed by atoms with Gasteiger partial charge >= 0.3 is 0 Å². The first-order chi connectivity index (χ1) is 18.0. The van der Waals surface area contributed by atoms with Gasteiger partial charge in [-0.3, -0.25) is 9.99 Å². The lowest BCUT2D eigenvalue weighted by atomic mass is 9.69. The first kappa shape index (κ1) is 26.5. The Morgan fingerprint density at radius 3 is 2.55 bits per heavy atom. The maximum absolute atomic E-state index is 9.90. The molecule has 0 saturated heterocycles. The molecule has 1 aliphatic heterocycles. The lowest BCUT2D eigenvalue weighted by Crippen LogP contribution is -2.45. The highest BCUT2D eigenvalue weighted by atomic mass is 35.5. The Bertz CT molecular complexity index is 1460. The minimum Gasteiger partial charge on any atom is -0.378 e. The number of fused-ring (bicyclic) bond motifs is 1. The first-order valence-electron chi connectivity index (χ1n) is 12.7. The van der Waals surface area contributed by atoms with E-state index in [0.29, 0.717) is 55.7 Å². The quantitative estimate of drug-likeness (QED) is 0.257. The van der Waals surface area contributed by atoms with Gasteiger partial charge in [0, 0.05) is 40.1 Å². The van der Waals surface area contributed by atoms with Crippen LogP contribution in [0.5, 0.6) is 0 Å². The monoisotopic (exact) mass is 545 g/mol. The van der Waals surface area contributed by atoms with Crippen LogP contribution in [-0.2, 0) is 5.44 Å². The number of hydrogen-bond donors (Lipinski definition) is 4. The van der Waals surface area contributed by atoms with Gasteiger partial charge in [-0.05, 0) is 56.4 Å². The molecule has 2 radical (unpaired) electrons. The van der Waals surface area contributed by atoms with E-state index in [1.165, 1.54) is 0 Å². The predicted octanol–water partition coefficient (Wildman–Crippen LogP) is 6.02. The van der Waals surface area contributed by atoms with Crippen LogP contribution in [0, 0.1) is 17.2 Å². The van der Waals surface area contributed by atoms with Crippen molar-refractivity contribution >= 4 is 53.3 Å². The summed E-state index contributed by atoms with van der Waals surface area (Å²) in [5, 5.41) is 20.7. The van der Waals surface area contributed by atoms with Crippen LogP contribution in [-0.4, -0.2) is 29.4 Å². The third-order valence-corrected chi connectivity index (χ3v) is 8.15. The van der Waals surface area contributed by atoms with Crippen molar-refractivity contribution in [2.45, 2.75) is 57.6 Å². The van der Waals surface area contributed by atoms with Gasteiger partial charge in [0.15, 0.2) is 0 Å². The summed E-state index contributed by atoms with van der Waals surface area (Å²) < 4.78 is 0. The van der Waals surface area contributed by atoms with Crippen molar-refractivity contribution in [1.29, 1.82) is 5.26 Å². The van der Waals surface area contributed by atoms with Gasteiger partial charge in [0.1, 0.15) is 13.9 Å². The highest BCUT2D eigenvalue weighted by Gasteiger charge is 2.38. The van der Waals surface area contributed by atoms with Crippen LogP contribution in [0.15, 0.2) is 54.5 Å². The molecule has 1 aromatic heterocycles. The number of hydrazine groups is 2. The molecule has 0 bridgehead atoms. The maximum Gasteiger partial charge on any atom is 0.119 e. The Morgan fingerprint density at radius 2 is 1.89 bits per heavy atom. The normalized spacial score (nSPS) is 17.1. The number of nitriles is 1. The fraction of sp³-hybridized carbons (Fsp3) is 0.357. The fourth-order valence-electron chi connectivity index (χ4n) is 4.38. The van der Waals surface area contributed by atoms with Crippen LogP contribution < -0.4 is 21.6 Å². The smallest absolute Gasteiger partial charge is 0.119 e. The van der Waals surface area contributed by atoms with Gasteiger partial charge in [-0.25, -0.2) is 0 Å². The molecule has 4 N–H and O–H groups in total. The van der Waals surface area contributed by atoms with E-state index in [4.69, 9.17) is 31.0 Å². The van der Waals surface area contributed by atoms with Crippen molar-refractivity contribution in [3.05, 3.63) is 75.7 Å². The van der Waals surface area contributed by atoms with E-state index >= 15 is 0 Å². The molecule has 38 heavy (non-hydrogen) atoms. The number of nitrogens with zero attached hydrogens (tertiary/aromatic N) is 3. The standard InChI is InChI=1S/C28H30BCl2N7/c1-16(2)27(3,4)35-25-17(13-32)14-33-26-20(25)11-18(12-23(26)31)34-28(29,21-7-5-6-8-22(21)30)24-15-38(37-36-24)19-9-10-19/h5-8,11-12,14-16,19,34,36-37H,9-10H2,1-4H3,(H,33,35). The van der Waals surface area contributed by atoms with Crippen LogP contribution in [0.25, 0.3) is 10.9 Å². The highest BCUT2D eigenvalue weighted by Crippen LogP contribution is 2.40. The molecule has 5 rings (SSSR count). The Balaban J connectivity index is 1.64. The van der Waals surface area contributed by atoms with E-state index < -0.39 is 5.44 Å². The molecule has 1 aliphatic carbocycles. The molecule has 0 spiro atoms. The number of aromatic nitrogens is 1. The zero-order valence-corrected chi connectivity index (χ0v) is 23.4. The average Bonchev–Trinajstić information content (AvgIpc) is 3.60. The second-order valence-corrected chi connectivity index (χ2v) is 11.7. The van der Waals surface area contributed by atoms with Crippen molar-refractivity contribution < 1.29 is 0 Å². The van der Waals surface area contributed by atoms with Gasteiger partial charge in [0.2, 0.25) is 0 Å². The highest BCUT2D eigenvalue weighted by molar-refractivity contribution is 6.36. The van der Waals surface area contributed by atoms with Gasteiger partial charge in [-0.15, -0.1) is 5.53 Å². The van der Waals surface area contributed by atoms with E-state index in [2.05, 4.69) is 60.3 Å². The lowest BCUT2D eigenvalue weighted by molar-refractivity contribution is 0.260. The number of hydrogen-bond acceptors (Lipinski definition) is 7. The van der Waals surface area contributed by atoms with Gasteiger partial charge < -0.3 is 16.1 Å². The molecular weight excluding hydrogens is 516 g/mol. The lowest BCUT2D eigenvalue weighted by Gasteiger charge is -2.35. The van der Waals surface area contributed by atoms with Crippen molar-refractivity contribution in [2.24, 2.45) is 5.92 Å². The Morgan fingerprint density at radius 1 is 1.16 bits per heavy atom. The SMILES string of the molecule is [B]C(Nc1cc(Cl)c2ncc(C#N)c(NC(C)(C)C(C)C)c2c1)(C1=CN(C2CC2)NN1)c1ccccc1Cl. The van der Waals surface area contributed by atoms with E-state index in [0.717, 1.165) is 18.2 Å². The average molecular weight is 546 g/mol. The zero-order chi connectivity index (χ0) is 27.2. The van der Waals surface area contributed by atoms with Gasteiger partial charge in [-0.2, -0.15) is 5.26 Å². The number of benzene rings is 2. The number of halogens is 2. The van der Waals surface area contributed by atoms with Gasteiger partial charge in [0.05, 0.1) is 32.9 Å². The van der Waals surface area contributed by atoms with Crippen LogP contribution in [0.3, 0.4) is 0 Å². The molecule has 0 amide bonds. The van der Waals surface area contributed by atoms with Crippen LogP contribution in [0.1, 0.15) is 51.7 Å². The Kier molecular flexibility index (Phi) is 6.89. The summed E-state index contributed by atoms with van der Waals surface area (Å²) in [6.45, 7) is 8.48. The molecule has 2 heterocycles. The number of nitrogens with one attached hydrogen (secondary N) is 4. The molecule has 10 heteroatoms. The number of rotatable bonds is 8. The Labute approximate surface area is 234 Å². The maximum atomic E-state index is 9.90. The summed E-state index contributed by atoms with van der Waals surface area (Å²) >= 11 is 13.4. The molecule has 2 aliphatic rings. The molecular formula is C28H30BCl2N7. The second-order valence-electron chi connectivity index (χ2n) is 10.8. The second kappa shape index (κ2) is 9.89. The molecule has 1 fully saturated rings. The largest absolute Gasteiger partial charge is 0.378 e. The summed E-state index contributed by atoms with van der Waals surface area (Å²) in [7, 11) is 7.15. The minimum absolute atomic E-state index is 0.290. The van der Waals surface area contributed by atoms with E-state index in [1.54, 1.807) is 12.3 Å². The Hall–Kier alpha value is -3.12. The minimum atomic E-state index is -1.23. The number of anilines is 2. The zero-order valence-electron chi connectivity index (χ0n) is 21.9. The van der Waals surface area contributed by atoms with Crippen LogP contribution in [0.4, 0.5) is 11.4 Å². The summed E-state index contributed by atoms with van der Waals surface area (Å²) in [5.41, 5.74) is 8.68. The van der Waals surface area contributed by atoms with Gasteiger partial charge in [0.25, 0.3) is 0 Å². The molecule has 1 unspecified atom stereocenters. The van der Waals surface area contributed by atoms with Crippen molar-refractivity contribution in [3.8, 4) is 6.07 Å². The van der Waals surface area contributed by atoms with E-state index in [9.17, 15) is 5.26 Å². The molecule has 1 atom stereocenters. The van der Waals surface area contributed by atoms with E-state index in [-0.39, 0.29) is 5.54 Å². The molecule has 2 aromatic carbocycles. The van der Waals surface area contributed by atoms with Crippen molar-refractivity contribution in [3.63, 3.8) is 0 Å². The summed E-state index contributed by atoms with van der Waals surface area (Å²) in [4.78, 5) is 4.50. The molecule has 194 valence electrons. The third-order valence-electron chi connectivity index (χ3n) is 7.53. The van der Waals surface area contributed by atoms with Gasteiger partial charge in [-0.1, -0.05) is 55.2 Å². The van der Waals surface area contributed by atoms with Crippen LogP contribution >= 0.6 is 23.2 Å². The van der Waals surface area contributed by atoms with Crippen molar-refractivity contribution in [1.82, 2.24) is 21.0 Å². The first-order valence-corrected chi connectivity index (χ1v) is 13.4. The topological polar surface area (TPSA) is 88.0 Å². The third kappa shape index (κ3) is 4.87. The molecule has 1 saturated carbocycles. The fourth-order valence-corrected chi connectivity index (χ4v) is 4.94. The summed E-state index contributed by atoms with van der Waals surface area (Å²) in [6, 6.07) is 13.9. The van der Waals surface area contributed by atoms with Crippen LogP contribution in [0.2, 0.25) is 10.0 Å². The predicted molar refractivity (Wildman–Crippen MR) is 156 cm³/mol. The van der Waals surface area contributed by atoms with E-state index in [1.807, 2.05) is 41.5 Å². The molecule has 3 aromatic rings. The van der Waals surface area contributed by atoms with Crippen molar-refractivity contribution in [2.75, 3.05) is 10.6 Å². The number of pyridine rings is 1. The summed E-state index contributed by atoms with van der Waals surface area (Å²) in [6.07, 6.45) is 5.77. The summed E-state index contributed by atoms with van der Waals surface area (Å²) in [5.74, 6) is 0.299.